The van der Waals surface area contributed by atoms with Crippen molar-refractivity contribution >= 4 is 0 Å². The number of aliphatic hydroxyl groups is 19. The Morgan fingerprint density at radius 1 is 0.494 bits per heavy atom. The van der Waals surface area contributed by atoms with Crippen molar-refractivity contribution in [2.24, 2.45) is 51.2 Å². The predicted molar refractivity (Wildman–Crippen MR) is 300 cm³/mol. The summed E-state index contributed by atoms with van der Waals surface area (Å²) in [6, 6.07) is 0. The summed E-state index contributed by atoms with van der Waals surface area (Å²) in [6.45, 7) is 12.6. The molecule has 0 aromatic rings. The van der Waals surface area contributed by atoms with Crippen molar-refractivity contribution in [3.05, 3.63) is 12.2 Å². The second-order valence-corrected chi connectivity index (χ2v) is 28.8. The summed E-state index contributed by atoms with van der Waals surface area (Å²) in [5.74, 6) is -0.224. The molecule has 36 atom stereocenters. The average Bonchev–Trinajstić information content (AvgIpc) is 1.66. The van der Waals surface area contributed by atoms with Crippen molar-refractivity contribution in [1.82, 2.24) is 0 Å². The van der Waals surface area contributed by atoms with Gasteiger partial charge in [0.2, 0.25) is 0 Å². The highest BCUT2D eigenvalue weighted by atomic mass is 16.8. The molecule has 9 rings (SSSR count). The van der Waals surface area contributed by atoms with Gasteiger partial charge in [-0.15, -0.1) is 0 Å². The molecule has 0 amide bonds. The van der Waals surface area contributed by atoms with Crippen molar-refractivity contribution in [2.45, 2.75) is 278 Å². The maximum atomic E-state index is 12.8. The summed E-state index contributed by atoms with van der Waals surface area (Å²) in [7, 11) is 0. The van der Waals surface area contributed by atoms with Crippen LogP contribution in [0.3, 0.4) is 0 Å². The zero-order valence-electron chi connectivity index (χ0n) is 51.8. The first-order chi connectivity index (χ1) is 41.6. The van der Waals surface area contributed by atoms with Crippen LogP contribution in [0.15, 0.2) is 12.2 Å². The zero-order chi connectivity index (χ0) is 65.5. The van der Waals surface area contributed by atoms with Crippen LogP contribution in [-0.2, 0) is 47.4 Å². The number of hydrogen-bond acceptors (Lipinski definition) is 29. The van der Waals surface area contributed by atoms with Crippen molar-refractivity contribution in [1.29, 1.82) is 0 Å². The van der Waals surface area contributed by atoms with Gasteiger partial charge in [0.05, 0.1) is 56.9 Å². The molecule has 5 aliphatic heterocycles. The van der Waals surface area contributed by atoms with Gasteiger partial charge in [0.25, 0.3) is 0 Å². The Morgan fingerprint density at radius 3 is 1.43 bits per heavy atom. The first kappa shape index (κ1) is 71.9. The van der Waals surface area contributed by atoms with E-state index in [1.54, 1.807) is 0 Å². The highest BCUT2D eigenvalue weighted by molar-refractivity contribution is 5.26. The predicted octanol–water partition coefficient (Wildman–Crippen LogP) is -5.55. The van der Waals surface area contributed by atoms with Gasteiger partial charge in [0, 0.05) is 5.41 Å². The Morgan fingerprint density at radius 2 is 0.933 bits per heavy atom. The lowest BCUT2D eigenvalue weighted by Gasteiger charge is -2.68. The summed E-state index contributed by atoms with van der Waals surface area (Å²) < 4.78 is 59.3. The molecular weight excluding hydrogens is 1180 g/mol. The van der Waals surface area contributed by atoms with E-state index in [0.29, 0.717) is 25.7 Å². The van der Waals surface area contributed by atoms with E-state index in [4.69, 9.17) is 47.4 Å². The molecule has 9 aliphatic rings. The van der Waals surface area contributed by atoms with Crippen LogP contribution in [0.25, 0.3) is 0 Å². The minimum Gasteiger partial charge on any atom is -0.394 e. The van der Waals surface area contributed by atoms with Gasteiger partial charge < -0.3 is 144 Å². The first-order valence-corrected chi connectivity index (χ1v) is 31.5. The minimum atomic E-state index is -1.96. The molecule has 0 radical (unpaired) electrons. The normalized spacial score (nSPS) is 52.5. The molecule has 516 valence electrons. The number of allylic oxidation sites excluding steroid dienone is 2. The van der Waals surface area contributed by atoms with Crippen LogP contribution in [0, 0.1) is 51.2 Å². The van der Waals surface area contributed by atoms with Gasteiger partial charge in [0.15, 0.2) is 31.5 Å². The summed E-state index contributed by atoms with van der Waals surface area (Å²) in [6.07, 6.45) is -35.9. The van der Waals surface area contributed by atoms with E-state index >= 15 is 0 Å². The zero-order valence-corrected chi connectivity index (χ0v) is 51.8. The van der Waals surface area contributed by atoms with E-state index in [1.807, 2.05) is 0 Å². The largest absolute Gasteiger partial charge is 0.394 e. The Bertz CT molecular complexity index is 2330. The summed E-state index contributed by atoms with van der Waals surface area (Å²) in [5.41, 5.74) is -3.61. The molecule has 0 aromatic carbocycles. The van der Waals surface area contributed by atoms with Gasteiger partial charge in [0.1, 0.15) is 122 Å². The summed E-state index contributed by atoms with van der Waals surface area (Å²) in [4.78, 5) is 0. The fourth-order valence-corrected chi connectivity index (χ4v) is 17.0. The molecule has 0 bridgehead atoms. The second-order valence-electron chi connectivity index (χ2n) is 28.8. The molecule has 0 spiro atoms. The van der Waals surface area contributed by atoms with E-state index in [9.17, 15) is 97.0 Å². The fraction of sp³-hybridized carbons (Fsp3) is 0.967. The third kappa shape index (κ3) is 13.1. The smallest absolute Gasteiger partial charge is 0.187 e. The van der Waals surface area contributed by atoms with Gasteiger partial charge in [-0.1, -0.05) is 53.7 Å². The average molecular weight is 1290 g/mol. The standard InChI is InChI=1S/C60H102O29/c1-23(9-13-35(57(4,5)79)88-55-50(89-54-49(78)43(72)38(67)29(20-63)84-54)45(74)40(69)31(86-55)22-81-52-47(76)42(71)37(66)28(19-62)83-52)24-15-16-58(6)32-12-10-25-26(60(32,8)33(64)17-59(24,58)7)11-14-34(56(25,2)3)87-53-48(77)44(73)39(68)30(85-53)21-80-51-46(75)41(70)36(65)27(18-61)82-51/h10,12,23-55,61-79H,9,11,13-22H2,1-8H3/t23-,24+,25?,26+,27-,28-,29-,30+,31+,32-,33+,34-,35+,36+,37+,38+,39+,40+,41-,42-,43-,44-,45-,46+,47+,48+,49+,50+,51+,52+,53-,54-,55-,58-,59+,60-/m0/s1. The SMILES string of the molecule is C[C@@H](CC[C@@H](O[C@@H]1O[C@H](CO[C@@H]2O[C@@H](CO)[C@@H](O)[C@H](O)[C@H]2O)[C@@H](O)[C@H](O)[C@H]1O[C@@H]1O[C@@H](CO)[C@@H](O)[C@H](O)[C@H]1O)C(C)(C)O)[C@H]1CC[C@@]2(C)[C@@H]3C=CC4[C@@H](CC[C@H](O[C@@H]5O[C@H](CO[C@@H]6O[C@@H](CO)[C@@H](O)[C@H](O)[C@H]6O)[C@@H](O)[C@H](O)[C@H]5O)C4(C)C)[C@]3(C)[C@H](O)C[C@]12C. The van der Waals surface area contributed by atoms with Gasteiger partial charge in [-0.25, -0.2) is 0 Å². The minimum absolute atomic E-state index is 0.0248. The van der Waals surface area contributed by atoms with Crippen molar-refractivity contribution in [2.75, 3.05) is 33.0 Å². The molecule has 1 unspecified atom stereocenters. The van der Waals surface area contributed by atoms with Crippen molar-refractivity contribution in [3.63, 3.8) is 0 Å². The number of fused-ring (bicyclic) bond motifs is 5. The maximum Gasteiger partial charge on any atom is 0.187 e. The van der Waals surface area contributed by atoms with Crippen LogP contribution >= 0.6 is 0 Å². The molecular formula is C60H102O29. The molecule has 8 fully saturated rings. The highest BCUT2D eigenvalue weighted by Crippen LogP contribution is 2.75. The maximum absolute atomic E-state index is 12.8. The monoisotopic (exact) mass is 1290 g/mol. The van der Waals surface area contributed by atoms with E-state index in [1.165, 1.54) is 13.8 Å². The van der Waals surface area contributed by atoms with Crippen LogP contribution in [0.4, 0.5) is 0 Å². The molecule has 3 saturated carbocycles. The quantitative estimate of drug-likeness (QED) is 0.0506. The third-order valence-electron chi connectivity index (χ3n) is 22.9. The molecule has 19 N–H and O–H groups in total. The number of rotatable bonds is 20. The van der Waals surface area contributed by atoms with Gasteiger partial charge in [-0.3, -0.25) is 0 Å². The lowest BCUT2D eigenvalue weighted by Crippen LogP contribution is -2.66. The molecule has 5 saturated heterocycles. The van der Waals surface area contributed by atoms with E-state index < -0.39 is 227 Å². The molecule has 29 heteroatoms. The Hall–Kier alpha value is -1.42. The highest BCUT2D eigenvalue weighted by Gasteiger charge is 2.71. The van der Waals surface area contributed by atoms with E-state index in [-0.39, 0.29) is 41.4 Å². The van der Waals surface area contributed by atoms with Gasteiger partial charge in [-0.2, -0.15) is 0 Å². The molecule has 5 heterocycles. The van der Waals surface area contributed by atoms with Gasteiger partial charge in [-0.05, 0) is 105 Å². The molecule has 29 nitrogen and oxygen atoms in total. The molecule has 4 aliphatic carbocycles. The fourth-order valence-electron chi connectivity index (χ4n) is 17.0. The van der Waals surface area contributed by atoms with Crippen LogP contribution in [0.5, 0.6) is 0 Å². The molecule has 0 aromatic heterocycles. The van der Waals surface area contributed by atoms with Crippen LogP contribution in [0.1, 0.15) is 100 Å². The Balaban J connectivity index is 0.883. The van der Waals surface area contributed by atoms with Crippen molar-refractivity contribution < 1.29 is 144 Å². The summed E-state index contributed by atoms with van der Waals surface area (Å²) >= 11 is 0. The lowest BCUT2D eigenvalue weighted by molar-refractivity contribution is -0.380. The second kappa shape index (κ2) is 27.6. The third-order valence-corrected chi connectivity index (χ3v) is 22.9. The first-order valence-electron chi connectivity index (χ1n) is 31.5. The van der Waals surface area contributed by atoms with Crippen LogP contribution in [0.2, 0.25) is 0 Å². The van der Waals surface area contributed by atoms with Gasteiger partial charge >= 0.3 is 0 Å². The topological polar surface area (TPSA) is 477 Å². The lowest BCUT2D eigenvalue weighted by atomic mass is 9.38. The van der Waals surface area contributed by atoms with Crippen molar-refractivity contribution in [3.8, 4) is 0 Å². The Labute approximate surface area is 517 Å². The number of hydrogen-bond donors (Lipinski definition) is 19. The Kier molecular flexibility index (Phi) is 22.3. The van der Waals surface area contributed by atoms with Crippen LogP contribution < -0.4 is 0 Å². The number of aliphatic hydroxyl groups excluding tert-OH is 18. The molecule has 89 heavy (non-hydrogen) atoms. The summed E-state index contributed by atoms with van der Waals surface area (Å²) in [5, 5.41) is 205. The van der Waals surface area contributed by atoms with Crippen LogP contribution in [-0.4, -0.2) is 308 Å². The van der Waals surface area contributed by atoms with E-state index in [0.717, 1.165) is 12.8 Å². The van der Waals surface area contributed by atoms with E-state index in [2.05, 4.69) is 53.7 Å². The number of ether oxygens (including phenoxy) is 10.